The van der Waals surface area contributed by atoms with E-state index in [4.69, 9.17) is 5.11 Å². The van der Waals surface area contributed by atoms with Gasteiger partial charge in [-0.1, -0.05) is 6.08 Å². The van der Waals surface area contributed by atoms with Gasteiger partial charge >= 0.3 is 12.1 Å². The molecule has 0 saturated carbocycles. The van der Waals surface area contributed by atoms with Crippen LogP contribution in [0.2, 0.25) is 0 Å². The lowest BCUT2D eigenvalue weighted by Crippen LogP contribution is -2.03. The smallest absolute Gasteiger partial charge is 0.443 e. The molecule has 0 atom stereocenters. The topological polar surface area (TPSA) is 50.2 Å². The van der Waals surface area contributed by atoms with Crippen LogP contribution in [0.1, 0.15) is 27.3 Å². The molecule has 0 aromatic carbocycles. The number of hydrogen-bond acceptors (Lipinski definition) is 3. The van der Waals surface area contributed by atoms with Crippen molar-refractivity contribution in [2.24, 2.45) is 0 Å². The van der Waals surface area contributed by atoms with Crippen molar-refractivity contribution >= 4 is 23.4 Å². The zero-order valence-electron chi connectivity index (χ0n) is 7.50. The summed E-state index contributed by atoms with van der Waals surface area (Å²) in [5.41, 5.74) is -0.165. The Morgan fingerprint density at radius 2 is 2.13 bits per heavy atom. The maximum atomic E-state index is 12.2. The van der Waals surface area contributed by atoms with Crippen LogP contribution in [0.25, 0.3) is 6.08 Å². The quantitative estimate of drug-likeness (QED) is 0.860. The summed E-state index contributed by atoms with van der Waals surface area (Å²) in [6.07, 6.45) is -1.94. The maximum absolute atomic E-state index is 12.2. The molecule has 0 bridgehead atoms. The van der Waals surface area contributed by atoms with Crippen molar-refractivity contribution in [1.82, 2.24) is 4.98 Å². The van der Waals surface area contributed by atoms with Gasteiger partial charge in [0.15, 0.2) is 5.01 Å². The highest BCUT2D eigenvalue weighted by Crippen LogP contribution is 2.34. The van der Waals surface area contributed by atoms with Crippen LogP contribution in [-0.4, -0.2) is 16.1 Å². The third-order valence-corrected chi connectivity index (χ3v) is 2.52. The lowest BCUT2D eigenvalue weighted by molar-refractivity contribution is -0.137. The molecular formula is C8H6F3NO2S. The number of nitrogens with zero attached hydrogens (tertiary/aromatic N) is 1. The largest absolute Gasteiger partial charge is 0.477 e. The van der Waals surface area contributed by atoms with E-state index in [-0.39, 0.29) is 17.0 Å². The fourth-order valence-electron chi connectivity index (χ4n) is 0.877. The van der Waals surface area contributed by atoms with Crippen LogP contribution < -0.4 is 0 Å². The normalized spacial score (nSPS) is 12.3. The molecule has 0 aliphatic carbocycles. The fourth-order valence-corrected chi connectivity index (χ4v) is 1.64. The minimum absolute atomic E-state index is 0.128. The van der Waals surface area contributed by atoms with Crippen molar-refractivity contribution < 1.29 is 23.1 Å². The van der Waals surface area contributed by atoms with E-state index in [1.165, 1.54) is 12.2 Å². The summed E-state index contributed by atoms with van der Waals surface area (Å²) in [5.74, 6) is -1.41. The van der Waals surface area contributed by atoms with Gasteiger partial charge in [-0.3, -0.25) is 0 Å². The molecule has 1 aromatic rings. The van der Waals surface area contributed by atoms with Gasteiger partial charge in [0.05, 0.1) is 5.69 Å². The van der Waals surface area contributed by atoms with Crippen molar-refractivity contribution in [3.8, 4) is 0 Å². The average molecular weight is 237 g/mol. The van der Waals surface area contributed by atoms with Crippen molar-refractivity contribution in [3.05, 3.63) is 21.7 Å². The summed E-state index contributed by atoms with van der Waals surface area (Å²) in [4.78, 5) is 13.4. The van der Waals surface area contributed by atoms with Gasteiger partial charge in [-0.15, -0.1) is 11.3 Å². The first-order chi connectivity index (χ1) is 6.86. The zero-order valence-corrected chi connectivity index (χ0v) is 8.32. The first-order valence-corrected chi connectivity index (χ1v) is 4.62. The Balaban J connectivity index is 3.27. The number of carboxylic acid groups (broad SMARTS) is 1. The second-order valence-electron chi connectivity index (χ2n) is 2.54. The Labute approximate surface area is 86.9 Å². The van der Waals surface area contributed by atoms with Crippen molar-refractivity contribution in [1.29, 1.82) is 0 Å². The highest BCUT2D eigenvalue weighted by Gasteiger charge is 2.36. The van der Waals surface area contributed by atoms with E-state index in [1.807, 2.05) is 0 Å². The number of rotatable bonds is 2. The maximum Gasteiger partial charge on any atom is 0.443 e. The third-order valence-electron chi connectivity index (χ3n) is 1.41. The Hall–Kier alpha value is -1.37. The van der Waals surface area contributed by atoms with Crippen LogP contribution in [0.3, 0.4) is 0 Å². The Morgan fingerprint density at radius 3 is 2.53 bits per heavy atom. The molecule has 82 valence electrons. The van der Waals surface area contributed by atoms with Gasteiger partial charge in [-0.05, 0) is 13.0 Å². The van der Waals surface area contributed by atoms with E-state index < -0.39 is 22.0 Å². The Kier molecular flexibility index (Phi) is 3.13. The molecule has 3 nitrogen and oxygen atoms in total. The van der Waals surface area contributed by atoms with Crippen LogP contribution in [-0.2, 0) is 6.18 Å². The van der Waals surface area contributed by atoms with Gasteiger partial charge in [-0.2, -0.15) is 13.2 Å². The molecule has 0 amide bonds. The number of halogens is 3. The van der Waals surface area contributed by atoms with E-state index in [0.717, 1.165) is 0 Å². The van der Waals surface area contributed by atoms with Gasteiger partial charge in [0.1, 0.15) is 4.88 Å². The molecule has 0 aliphatic heterocycles. The molecule has 0 aliphatic rings. The van der Waals surface area contributed by atoms with Crippen molar-refractivity contribution in [3.63, 3.8) is 0 Å². The standard InChI is InChI=1S/C8H6F3NO2S/c1-2-3-4-5(6(13)14)15-7(12-4)8(9,10)11/h2-3H,1H3,(H,13,14)/b3-2+. The number of allylic oxidation sites excluding steroid dienone is 1. The van der Waals surface area contributed by atoms with Gasteiger partial charge in [0.25, 0.3) is 0 Å². The predicted octanol–water partition coefficient (Wildman–Crippen LogP) is 2.89. The first-order valence-electron chi connectivity index (χ1n) is 3.80. The second kappa shape index (κ2) is 4.01. The van der Waals surface area contributed by atoms with Crippen molar-refractivity contribution in [2.75, 3.05) is 0 Å². The van der Waals surface area contributed by atoms with E-state index in [9.17, 15) is 18.0 Å². The summed E-state index contributed by atoms with van der Waals surface area (Å²) in [6, 6.07) is 0. The van der Waals surface area contributed by atoms with Crippen LogP contribution in [0.15, 0.2) is 6.08 Å². The molecule has 0 fully saturated rings. The number of carboxylic acids is 1. The number of hydrogen-bond donors (Lipinski definition) is 1. The molecule has 15 heavy (non-hydrogen) atoms. The molecule has 1 N–H and O–H groups in total. The molecular weight excluding hydrogens is 231 g/mol. The number of carbonyl (C=O) groups is 1. The highest BCUT2D eigenvalue weighted by molar-refractivity contribution is 7.13. The highest BCUT2D eigenvalue weighted by atomic mass is 32.1. The minimum atomic E-state index is -4.60. The molecule has 7 heteroatoms. The first kappa shape index (κ1) is 11.7. The summed E-state index contributed by atoms with van der Waals surface area (Å²) >= 11 is 0.128. The summed E-state index contributed by atoms with van der Waals surface area (Å²) in [6.45, 7) is 1.57. The van der Waals surface area contributed by atoms with Gasteiger partial charge in [0.2, 0.25) is 0 Å². The molecule has 1 heterocycles. The van der Waals surface area contributed by atoms with Gasteiger partial charge < -0.3 is 5.11 Å². The van der Waals surface area contributed by atoms with Crippen LogP contribution in [0.5, 0.6) is 0 Å². The Bertz CT molecular complexity index is 409. The summed E-state index contributed by atoms with van der Waals surface area (Å²) < 4.78 is 36.6. The van der Waals surface area contributed by atoms with Gasteiger partial charge in [-0.25, -0.2) is 9.78 Å². The number of thiazole rings is 1. The monoisotopic (exact) mass is 237 g/mol. The fraction of sp³-hybridized carbons (Fsp3) is 0.250. The Morgan fingerprint density at radius 1 is 1.53 bits per heavy atom. The van der Waals surface area contributed by atoms with Crippen molar-refractivity contribution in [2.45, 2.75) is 13.1 Å². The second-order valence-corrected chi connectivity index (χ2v) is 3.54. The number of aromatic carboxylic acids is 1. The summed E-state index contributed by atoms with van der Waals surface area (Å²) in [7, 11) is 0. The van der Waals surface area contributed by atoms with E-state index in [2.05, 4.69) is 4.98 Å². The molecule has 1 rings (SSSR count). The van der Waals surface area contributed by atoms with E-state index in [0.29, 0.717) is 0 Å². The lowest BCUT2D eigenvalue weighted by Gasteiger charge is -1.98. The van der Waals surface area contributed by atoms with Crippen LogP contribution in [0.4, 0.5) is 13.2 Å². The number of alkyl halides is 3. The molecule has 0 unspecified atom stereocenters. The molecule has 1 aromatic heterocycles. The predicted molar refractivity (Wildman–Crippen MR) is 48.8 cm³/mol. The van der Waals surface area contributed by atoms with Gasteiger partial charge in [0, 0.05) is 0 Å². The van der Waals surface area contributed by atoms with E-state index in [1.54, 1.807) is 6.92 Å². The number of aromatic nitrogens is 1. The third kappa shape index (κ3) is 2.56. The SMILES string of the molecule is C/C=C/c1nc(C(F)(F)F)sc1C(=O)O. The molecule has 0 radical (unpaired) electrons. The zero-order chi connectivity index (χ0) is 11.6. The molecule has 0 saturated heterocycles. The summed E-state index contributed by atoms with van der Waals surface area (Å²) in [5, 5.41) is 7.50. The minimum Gasteiger partial charge on any atom is -0.477 e. The molecule has 0 spiro atoms. The lowest BCUT2D eigenvalue weighted by atomic mass is 10.3. The van der Waals surface area contributed by atoms with Crippen LogP contribution >= 0.6 is 11.3 Å². The van der Waals surface area contributed by atoms with Crippen LogP contribution in [0, 0.1) is 0 Å². The average Bonchev–Trinajstić information content (AvgIpc) is 2.48. The van der Waals surface area contributed by atoms with E-state index >= 15 is 0 Å².